The van der Waals surface area contributed by atoms with Gasteiger partial charge in [0.1, 0.15) is 6.61 Å². The molecular formula is C18H12O2. The van der Waals surface area contributed by atoms with Crippen LogP contribution in [0.1, 0.15) is 15.9 Å². The van der Waals surface area contributed by atoms with E-state index in [0.29, 0.717) is 12.2 Å². The predicted octanol–water partition coefficient (Wildman–Crippen LogP) is 4.18. The Hall–Kier alpha value is -2.61. The van der Waals surface area contributed by atoms with E-state index < -0.39 is 0 Å². The monoisotopic (exact) mass is 260 g/mol. The fourth-order valence-electron chi connectivity index (χ4n) is 2.87. The first kappa shape index (κ1) is 11.2. The van der Waals surface area contributed by atoms with E-state index in [2.05, 4.69) is 18.2 Å². The van der Waals surface area contributed by atoms with Crippen LogP contribution < -0.4 is 0 Å². The van der Waals surface area contributed by atoms with Crippen molar-refractivity contribution in [2.45, 2.75) is 6.61 Å². The van der Waals surface area contributed by atoms with Gasteiger partial charge in [-0.3, -0.25) is 0 Å². The SMILES string of the molecule is O=C1OCc2c1cc1ccccc1c2-c1ccccc1. The third-order valence-corrected chi connectivity index (χ3v) is 3.79. The topological polar surface area (TPSA) is 26.3 Å². The fourth-order valence-corrected chi connectivity index (χ4v) is 2.87. The average Bonchev–Trinajstić information content (AvgIpc) is 2.87. The van der Waals surface area contributed by atoms with Gasteiger partial charge in [0.25, 0.3) is 0 Å². The second kappa shape index (κ2) is 4.20. The lowest BCUT2D eigenvalue weighted by molar-refractivity contribution is 0.0535. The van der Waals surface area contributed by atoms with Gasteiger partial charge in [-0.05, 0) is 28.0 Å². The van der Waals surface area contributed by atoms with Gasteiger partial charge in [0.05, 0.1) is 5.56 Å². The number of hydrogen-bond donors (Lipinski definition) is 0. The summed E-state index contributed by atoms with van der Waals surface area (Å²) in [5.41, 5.74) is 3.94. The molecule has 0 spiro atoms. The highest BCUT2D eigenvalue weighted by atomic mass is 16.5. The second-order valence-electron chi connectivity index (χ2n) is 4.94. The number of carbonyl (C=O) groups excluding carboxylic acids is 1. The van der Waals surface area contributed by atoms with Gasteiger partial charge in [0.2, 0.25) is 0 Å². The Kier molecular flexibility index (Phi) is 2.36. The molecule has 0 saturated carbocycles. The molecule has 0 bridgehead atoms. The fraction of sp³-hybridized carbons (Fsp3) is 0.0556. The van der Waals surface area contributed by atoms with Crippen molar-refractivity contribution in [2.75, 3.05) is 0 Å². The van der Waals surface area contributed by atoms with E-state index in [-0.39, 0.29) is 5.97 Å². The van der Waals surface area contributed by atoms with Gasteiger partial charge >= 0.3 is 5.97 Å². The van der Waals surface area contributed by atoms with Crippen LogP contribution in [0.5, 0.6) is 0 Å². The molecule has 0 unspecified atom stereocenters. The van der Waals surface area contributed by atoms with Gasteiger partial charge in [-0.25, -0.2) is 4.79 Å². The van der Waals surface area contributed by atoms with Gasteiger partial charge in [-0.15, -0.1) is 0 Å². The second-order valence-corrected chi connectivity index (χ2v) is 4.94. The molecule has 1 aliphatic rings. The maximum Gasteiger partial charge on any atom is 0.338 e. The Balaban J connectivity index is 2.15. The molecular weight excluding hydrogens is 248 g/mol. The van der Waals surface area contributed by atoms with Crippen LogP contribution in [0.15, 0.2) is 60.7 Å². The Morgan fingerprint density at radius 1 is 0.900 bits per heavy atom. The summed E-state index contributed by atoms with van der Waals surface area (Å²) < 4.78 is 5.22. The molecule has 20 heavy (non-hydrogen) atoms. The maximum absolute atomic E-state index is 11.9. The highest BCUT2D eigenvalue weighted by Crippen LogP contribution is 2.37. The summed E-state index contributed by atoms with van der Waals surface area (Å²) in [4.78, 5) is 11.9. The predicted molar refractivity (Wildman–Crippen MR) is 78.5 cm³/mol. The lowest BCUT2D eigenvalue weighted by atomic mass is 9.91. The molecule has 0 amide bonds. The lowest BCUT2D eigenvalue weighted by Crippen LogP contribution is -1.95. The van der Waals surface area contributed by atoms with Gasteiger partial charge in [-0.1, -0.05) is 54.6 Å². The molecule has 2 heteroatoms. The van der Waals surface area contributed by atoms with E-state index in [0.717, 1.165) is 27.5 Å². The van der Waals surface area contributed by atoms with Crippen LogP contribution in [0.2, 0.25) is 0 Å². The number of rotatable bonds is 1. The molecule has 96 valence electrons. The first-order chi connectivity index (χ1) is 9.84. The normalized spacial score (nSPS) is 13.3. The molecule has 0 N–H and O–H groups in total. The molecule has 1 aliphatic heterocycles. The van der Waals surface area contributed by atoms with Crippen LogP contribution in [-0.2, 0) is 11.3 Å². The Morgan fingerprint density at radius 3 is 2.50 bits per heavy atom. The van der Waals surface area contributed by atoms with E-state index in [1.165, 1.54) is 0 Å². The number of benzene rings is 3. The van der Waals surface area contributed by atoms with Crippen molar-refractivity contribution >= 4 is 16.7 Å². The van der Waals surface area contributed by atoms with E-state index in [1.54, 1.807) is 0 Å². The smallest absolute Gasteiger partial charge is 0.338 e. The average molecular weight is 260 g/mol. The van der Waals surface area contributed by atoms with E-state index in [4.69, 9.17) is 4.74 Å². The molecule has 3 aromatic carbocycles. The molecule has 0 atom stereocenters. The van der Waals surface area contributed by atoms with Crippen molar-refractivity contribution in [1.29, 1.82) is 0 Å². The van der Waals surface area contributed by atoms with Crippen molar-refractivity contribution in [3.05, 3.63) is 71.8 Å². The Labute approximate surface area is 116 Å². The minimum atomic E-state index is -0.220. The summed E-state index contributed by atoms with van der Waals surface area (Å²) in [5, 5.41) is 2.24. The van der Waals surface area contributed by atoms with Crippen LogP contribution in [-0.4, -0.2) is 5.97 Å². The van der Waals surface area contributed by atoms with Crippen LogP contribution in [0.3, 0.4) is 0 Å². The van der Waals surface area contributed by atoms with E-state index >= 15 is 0 Å². The zero-order valence-corrected chi connectivity index (χ0v) is 10.8. The van der Waals surface area contributed by atoms with Gasteiger partial charge < -0.3 is 4.74 Å². The molecule has 0 fully saturated rings. The van der Waals surface area contributed by atoms with Crippen LogP contribution in [0, 0.1) is 0 Å². The highest BCUT2D eigenvalue weighted by Gasteiger charge is 2.26. The molecule has 3 aromatic rings. The number of carbonyl (C=O) groups is 1. The zero-order valence-electron chi connectivity index (χ0n) is 10.8. The molecule has 0 aliphatic carbocycles. The molecule has 1 heterocycles. The van der Waals surface area contributed by atoms with Crippen molar-refractivity contribution in [3.8, 4) is 11.1 Å². The highest BCUT2D eigenvalue weighted by molar-refractivity contribution is 6.06. The molecule has 0 aromatic heterocycles. The van der Waals surface area contributed by atoms with Gasteiger partial charge in [0.15, 0.2) is 0 Å². The number of ether oxygens (including phenoxy) is 1. The third-order valence-electron chi connectivity index (χ3n) is 3.79. The maximum atomic E-state index is 11.9. The van der Waals surface area contributed by atoms with E-state index in [1.807, 2.05) is 42.5 Å². The summed E-state index contributed by atoms with van der Waals surface area (Å²) in [7, 11) is 0. The quantitative estimate of drug-likeness (QED) is 0.614. The van der Waals surface area contributed by atoms with Crippen molar-refractivity contribution in [2.24, 2.45) is 0 Å². The summed E-state index contributed by atoms with van der Waals surface area (Å²) in [6, 6.07) is 20.3. The zero-order chi connectivity index (χ0) is 13.5. The summed E-state index contributed by atoms with van der Waals surface area (Å²) >= 11 is 0. The number of hydrogen-bond acceptors (Lipinski definition) is 2. The molecule has 4 rings (SSSR count). The van der Waals surface area contributed by atoms with Crippen LogP contribution in [0.4, 0.5) is 0 Å². The van der Waals surface area contributed by atoms with Crippen molar-refractivity contribution in [1.82, 2.24) is 0 Å². The van der Waals surface area contributed by atoms with Gasteiger partial charge in [0, 0.05) is 5.56 Å². The van der Waals surface area contributed by atoms with Crippen LogP contribution in [0.25, 0.3) is 21.9 Å². The Bertz CT molecular complexity index is 819. The summed E-state index contributed by atoms with van der Waals surface area (Å²) in [5.74, 6) is -0.220. The third kappa shape index (κ3) is 1.55. The van der Waals surface area contributed by atoms with Crippen molar-refractivity contribution in [3.63, 3.8) is 0 Å². The summed E-state index contributed by atoms with van der Waals surface area (Å²) in [6.07, 6.45) is 0. The molecule has 0 radical (unpaired) electrons. The minimum Gasteiger partial charge on any atom is -0.457 e. The number of cyclic esters (lactones) is 1. The van der Waals surface area contributed by atoms with Crippen LogP contribution >= 0.6 is 0 Å². The first-order valence-electron chi connectivity index (χ1n) is 6.62. The number of fused-ring (bicyclic) bond motifs is 2. The standard InChI is InChI=1S/C18H12O2/c19-18-15-10-13-8-4-5-9-14(13)17(16(15)11-20-18)12-6-2-1-3-7-12/h1-10H,11H2. The Morgan fingerprint density at radius 2 is 1.65 bits per heavy atom. The molecule has 0 saturated heterocycles. The van der Waals surface area contributed by atoms with E-state index in [9.17, 15) is 4.79 Å². The first-order valence-corrected chi connectivity index (χ1v) is 6.62. The largest absolute Gasteiger partial charge is 0.457 e. The van der Waals surface area contributed by atoms with Gasteiger partial charge in [-0.2, -0.15) is 0 Å². The minimum absolute atomic E-state index is 0.220. The number of esters is 1. The molecule has 2 nitrogen and oxygen atoms in total. The lowest BCUT2D eigenvalue weighted by Gasteiger charge is -2.11. The van der Waals surface area contributed by atoms with Crippen molar-refractivity contribution < 1.29 is 9.53 Å². The summed E-state index contributed by atoms with van der Waals surface area (Å²) in [6.45, 7) is 0.364.